The number of para-hydroxylation sites is 3. The van der Waals surface area contributed by atoms with Gasteiger partial charge in [-0.2, -0.15) is 0 Å². The van der Waals surface area contributed by atoms with Crippen molar-refractivity contribution in [3.63, 3.8) is 0 Å². The molecule has 5 aromatic carbocycles. The van der Waals surface area contributed by atoms with Crippen molar-refractivity contribution in [2.24, 2.45) is 0 Å². The summed E-state index contributed by atoms with van der Waals surface area (Å²) in [6.07, 6.45) is 30.4. The van der Waals surface area contributed by atoms with Crippen LogP contribution in [0.25, 0.3) is 71.8 Å². The third-order valence-corrected chi connectivity index (χ3v) is 12.5. The molecule has 72 heavy (non-hydrogen) atoms. The van der Waals surface area contributed by atoms with Gasteiger partial charge >= 0.3 is 0 Å². The van der Waals surface area contributed by atoms with E-state index >= 15 is 0 Å². The van der Waals surface area contributed by atoms with Gasteiger partial charge in [0, 0.05) is 39.2 Å². The molecule has 0 radical (unpaired) electrons. The Bertz CT molecular complexity index is 3270. The fourth-order valence-corrected chi connectivity index (χ4v) is 9.81. The molecule has 0 unspecified atom stereocenters. The first kappa shape index (κ1) is 53.8. The van der Waals surface area contributed by atoms with E-state index in [1.54, 1.807) is 0 Å². The summed E-state index contributed by atoms with van der Waals surface area (Å²) in [5.74, 6) is 0.603. The molecule has 1 aliphatic heterocycles. The molecule has 5 heteroatoms. The molecule has 0 N–H and O–H groups in total. The van der Waals surface area contributed by atoms with Gasteiger partial charge in [-0.25, -0.2) is 9.97 Å². The van der Waals surface area contributed by atoms with Crippen LogP contribution in [-0.2, 0) is 6.42 Å². The summed E-state index contributed by atoms with van der Waals surface area (Å²) in [4.78, 5) is 14.0. The molecule has 0 saturated carbocycles. The van der Waals surface area contributed by atoms with E-state index in [2.05, 4.69) is 204 Å². The van der Waals surface area contributed by atoms with E-state index in [0.29, 0.717) is 5.95 Å². The van der Waals surface area contributed by atoms with E-state index in [1.165, 1.54) is 27.1 Å². The zero-order valence-electron chi connectivity index (χ0n) is 45.0. The Morgan fingerprint density at radius 2 is 1.11 bits per heavy atom. The van der Waals surface area contributed by atoms with Gasteiger partial charge in [0.05, 0.1) is 39.1 Å². The zero-order chi connectivity index (χ0) is 51.6. The number of rotatable bonds is 7. The summed E-state index contributed by atoms with van der Waals surface area (Å²) in [6, 6.07) is 41.5. The predicted molar refractivity (Wildman–Crippen MR) is 319 cm³/mol. The highest BCUT2D eigenvalue weighted by Gasteiger charge is 2.33. The Morgan fingerprint density at radius 3 is 1.75 bits per heavy atom. The molecule has 0 amide bonds. The van der Waals surface area contributed by atoms with Crippen LogP contribution in [-0.4, -0.2) is 19.1 Å². The Hall–Kier alpha value is -7.50. The number of fused-ring (bicyclic) bond motifs is 8. The summed E-state index contributed by atoms with van der Waals surface area (Å²) >= 11 is 0. The quantitative estimate of drug-likeness (QED) is 0.160. The van der Waals surface area contributed by atoms with Crippen LogP contribution < -0.4 is 4.90 Å². The number of hydrogen-bond acceptors (Lipinski definition) is 3. The van der Waals surface area contributed by atoms with E-state index in [4.69, 9.17) is 9.97 Å². The Balaban J connectivity index is 0.000000800. The molecule has 2 aliphatic carbocycles. The van der Waals surface area contributed by atoms with Gasteiger partial charge < -0.3 is 9.13 Å². The number of aromatic nitrogens is 4. The summed E-state index contributed by atoms with van der Waals surface area (Å²) in [7, 11) is 0. The minimum atomic E-state index is 0.603. The average Bonchev–Trinajstić information content (AvgIpc) is 3.81. The van der Waals surface area contributed by atoms with Crippen molar-refractivity contribution in [1.29, 1.82) is 0 Å². The maximum atomic E-state index is 5.86. The number of allylic oxidation sites excluding steroid dienone is 14. The van der Waals surface area contributed by atoms with Crippen LogP contribution >= 0.6 is 0 Å². The molecule has 5 nitrogen and oxygen atoms in total. The molecule has 11 rings (SSSR count). The van der Waals surface area contributed by atoms with Crippen LogP contribution in [0.5, 0.6) is 0 Å². The molecular formula is C67H77N5. The van der Waals surface area contributed by atoms with Crippen LogP contribution in [0, 0.1) is 0 Å². The van der Waals surface area contributed by atoms with Crippen molar-refractivity contribution >= 4 is 66.5 Å². The fourth-order valence-electron chi connectivity index (χ4n) is 9.81. The van der Waals surface area contributed by atoms with Gasteiger partial charge in [0.2, 0.25) is 5.95 Å². The van der Waals surface area contributed by atoms with Crippen molar-refractivity contribution in [3.8, 4) is 16.9 Å². The lowest BCUT2D eigenvalue weighted by molar-refractivity contribution is 0.876. The number of nitrogens with zero attached hydrogens (tertiary/aromatic N) is 5. The number of hydrogen-bond donors (Lipinski definition) is 0. The second kappa shape index (κ2) is 26.6. The van der Waals surface area contributed by atoms with Crippen LogP contribution in [0.1, 0.15) is 120 Å². The van der Waals surface area contributed by atoms with E-state index in [1.807, 2.05) is 75.3 Å². The van der Waals surface area contributed by atoms with Crippen LogP contribution in [0.2, 0.25) is 0 Å². The van der Waals surface area contributed by atoms with Crippen molar-refractivity contribution in [1.82, 2.24) is 19.1 Å². The third-order valence-electron chi connectivity index (χ3n) is 12.5. The first-order chi connectivity index (χ1) is 35.7. The lowest BCUT2D eigenvalue weighted by atomic mass is 9.93. The average molecular weight is 952 g/mol. The summed E-state index contributed by atoms with van der Waals surface area (Å²) in [5, 5.41) is 4.78. The summed E-state index contributed by atoms with van der Waals surface area (Å²) in [6.45, 7) is 26.6. The molecule has 8 aromatic rings. The monoisotopic (exact) mass is 952 g/mol. The lowest BCUT2D eigenvalue weighted by Gasteiger charge is -2.34. The van der Waals surface area contributed by atoms with E-state index < -0.39 is 0 Å². The smallest absolute Gasteiger partial charge is 0.235 e. The standard InChI is InChI=1S/C57H47N5.5C2H6/c1-3-23-41-38-42-36-37-47-46-32-19-20-33-49(46)60(43-28-15-6-5-7-16-29-43)55(47)54(42)62(48(41)4-2)57-58-52(39-24-11-8-9-12-25-39)56(53(59-57)40-26-13-10-14-27-40)61-50-34-21-17-30-44(50)45-31-18-22-35-51(45)61;5*1-2/h3-4,6,10-11,13-37H,2,5,7-9,12,38H2,1H3;5*1-2H3/b15-6-,23-3-,29-16-,43-28+;;;;;. The second-order valence-electron chi connectivity index (χ2n) is 16.2. The summed E-state index contributed by atoms with van der Waals surface area (Å²) < 4.78 is 4.86. The highest BCUT2D eigenvalue weighted by molar-refractivity contribution is 6.16. The van der Waals surface area contributed by atoms with E-state index in [9.17, 15) is 0 Å². The molecule has 0 spiro atoms. The SMILES string of the molecule is C=CC1=C(/C=C\C)Cc2ccc3c4ccccc4n(C4=C/C=C\CC/C=C\4)c3c2N1c1nc(C2=CCCCC=C2)c(-n2c3ccccc3c3ccccc32)c(-c2ccccc2)n1.CC.CC.CC.CC.CC. The van der Waals surface area contributed by atoms with Crippen molar-refractivity contribution in [3.05, 3.63) is 211 Å². The first-order valence-corrected chi connectivity index (χ1v) is 26.9. The molecule has 3 aromatic heterocycles. The molecule has 3 aliphatic rings. The molecule has 370 valence electrons. The van der Waals surface area contributed by atoms with Crippen molar-refractivity contribution in [2.75, 3.05) is 4.90 Å². The molecular weight excluding hydrogens is 875 g/mol. The molecule has 0 atom stereocenters. The maximum Gasteiger partial charge on any atom is 0.235 e. The minimum absolute atomic E-state index is 0.603. The Morgan fingerprint density at radius 1 is 0.542 bits per heavy atom. The van der Waals surface area contributed by atoms with Crippen molar-refractivity contribution < 1.29 is 0 Å². The van der Waals surface area contributed by atoms with Gasteiger partial charge in [0.15, 0.2) is 0 Å². The number of benzene rings is 5. The minimum Gasteiger partial charge on any atom is -0.307 e. The first-order valence-electron chi connectivity index (χ1n) is 26.9. The Kier molecular flexibility index (Phi) is 19.9. The lowest BCUT2D eigenvalue weighted by Crippen LogP contribution is -2.26. The van der Waals surface area contributed by atoms with E-state index in [0.717, 1.165) is 111 Å². The van der Waals surface area contributed by atoms with E-state index in [-0.39, 0.29) is 0 Å². The molecule has 0 fully saturated rings. The maximum absolute atomic E-state index is 5.86. The van der Waals surface area contributed by atoms with Gasteiger partial charge in [-0.1, -0.05) is 221 Å². The third kappa shape index (κ3) is 10.4. The van der Waals surface area contributed by atoms with Gasteiger partial charge in [0.25, 0.3) is 0 Å². The normalized spacial score (nSPS) is 15.5. The number of anilines is 2. The predicted octanol–water partition coefficient (Wildman–Crippen LogP) is 20.1. The largest absolute Gasteiger partial charge is 0.307 e. The van der Waals surface area contributed by atoms with Gasteiger partial charge in [0.1, 0.15) is 11.4 Å². The topological polar surface area (TPSA) is 38.9 Å². The molecule has 0 saturated heterocycles. The summed E-state index contributed by atoms with van der Waals surface area (Å²) in [5.41, 5.74) is 14.9. The Labute approximate surface area is 431 Å². The van der Waals surface area contributed by atoms with Crippen LogP contribution in [0.3, 0.4) is 0 Å². The van der Waals surface area contributed by atoms with Crippen molar-refractivity contribution in [2.45, 2.75) is 115 Å². The van der Waals surface area contributed by atoms with Gasteiger partial charge in [-0.05, 0) is 92.2 Å². The highest BCUT2D eigenvalue weighted by Crippen LogP contribution is 2.48. The molecule has 0 bridgehead atoms. The fraction of sp³-hybridized carbons (Fsp3) is 0.254. The van der Waals surface area contributed by atoms with Gasteiger partial charge in [-0.3, -0.25) is 4.90 Å². The molecule has 4 heterocycles. The van der Waals surface area contributed by atoms with Crippen LogP contribution in [0.15, 0.2) is 200 Å². The van der Waals surface area contributed by atoms with Crippen LogP contribution in [0.4, 0.5) is 11.6 Å². The highest BCUT2D eigenvalue weighted by atomic mass is 15.3. The van der Waals surface area contributed by atoms with Gasteiger partial charge in [-0.15, -0.1) is 0 Å². The zero-order valence-corrected chi connectivity index (χ0v) is 45.0. The second-order valence-corrected chi connectivity index (χ2v) is 16.2.